The number of carbonyl (C=O) groups excluding carboxylic acids is 1. The van der Waals surface area contributed by atoms with Gasteiger partial charge in [-0.25, -0.2) is 0 Å². The van der Waals surface area contributed by atoms with E-state index in [0.29, 0.717) is 31.2 Å². The van der Waals surface area contributed by atoms with E-state index in [0.717, 1.165) is 13.1 Å². The Kier molecular flexibility index (Phi) is 4.34. The van der Waals surface area contributed by atoms with Gasteiger partial charge >= 0.3 is 0 Å². The SMILES string of the molecule is CC(CN)N1CCN(C(=O)c2ccc(=O)[nH]c2)CC1. The fourth-order valence-corrected chi connectivity index (χ4v) is 2.24. The number of carbonyl (C=O) groups is 1. The van der Waals surface area contributed by atoms with Gasteiger partial charge in [0.1, 0.15) is 0 Å². The van der Waals surface area contributed by atoms with Crippen molar-refractivity contribution in [3.05, 3.63) is 34.2 Å². The van der Waals surface area contributed by atoms with Gasteiger partial charge in [0, 0.05) is 51.0 Å². The van der Waals surface area contributed by atoms with Crippen LogP contribution in [0.2, 0.25) is 0 Å². The molecule has 6 heteroatoms. The highest BCUT2D eigenvalue weighted by Crippen LogP contribution is 2.09. The summed E-state index contributed by atoms with van der Waals surface area (Å²) < 4.78 is 0. The van der Waals surface area contributed by atoms with Crippen molar-refractivity contribution in [1.82, 2.24) is 14.8 Å². The molecule has 2 heterocycles. The zero-order valence-corrected chi connectivity index (χ0v) is 11.1. The zero-order chi connectivity index (χ0) is 13.8. The Balaban J connectivity index is 1.96. The van der Waals surface area contributed by atoms with Crippen LogP contribution < -0.4 is 11.3 Å². The molecule has 1 saturated heterocycles. The summed E-state index contributed by atoms with van der Waals surface area (Å²) in [5.74, 6) is -0.0312. The molecule has 1 amide bonds. The number of nitrogens with two attached hydrogens (primary N) is 1. The number of hydrogen-bond acceptors (Lipinski definition) is 4. The molecule has 6 nitrogen and oxygen atoms in total. The lowest BCUT2D eigenvalue weighted by Gasteiger charge is -2.37. The molecule has 1 unspecified atom stereocenters. The maximum Gasteiger partial charge on any atom is 0.255 e. The minimum atomic E-state index is -0.196. The van der Waals surface area contributed by atoms with Gasteiger partial charge < -0.3 is 15.6 Å². The Labute approximate surface area is 112 Å². The summed E-state index contributed by atoms with van der Waals surface area (Å²) >= 11 is 0. The summed E-state index contributed by atoms with van der Waals surface area (Å²) in [4.78, 5) is 29.8. The molecule has 0 bridgehead atoms. The zero-order valence-electron chi connectivity index (χ0n) is 11.1. The number of aromatic amines is 1. The number of H-pyrrole nitrogens is 1. The number of hydrogen-bond donors (Lipinski definition) is 2. The molecule has 104 valence electrons. The lowest BCUT2D eigenvalue weighted by Crippen LogP contribution is -2.52. The van der Waals surface area contributed by atoms with Gasteiger partial charge in [-0.3, -0.25) is 14.5 Å². The van der Waals surface area contributed by atoms with Crippen molar-refractivity contribution in [3.63, 3.8) is 0 Å². The van der Waals surface area contributed by atoms with Crippen molar-refractivity contribution < 1.29 is 4.79 Å². The van der Waals surface area contributed by atoms with Gasteiger partial charge in [-0.05, 0) is 13.0 Å². The van der Waals surface area contributed by atoms with Crippen LogP contribution in [0.4, 0.5) is 0 Å². The largest absolute Gasteiger partial charge is 0.336 e. The number of nitrogens with zero attached hydrogens (tertiary/aromatic N) is 2. The molecule has 2 rings (SSSR count). The first-order valence-corrected chi connectivity index (χ1v) is 6.54. The van der Waals surface area contributed by atoms with Crippen molar-refractivity contribution in [2.45, 2.75) is 13.0 Å². The highest BCUT2D eigenvalue weighted by Gasteiger charge is 2.24. The number of pyridine rings is 1. The Morgan fingerprint density at radius 2 is 2.05 bits per heavy atom. The molecule has 0 radical (unpaired) electrons. The van der Waals surface area contributed by atoms with Crippen LogP contribution in [0.25, 0.3) is 0 Å². The highest BCUT2D eigenvalue weighted by atomic mass is 16.2. The molecule has 1 aliphatic heterocycles. The molecule has 0 spiro atoms. The van der Waals surface area contributed by atoms with E-state index in [9.17, 15) is 9.59 Å². The second kappa shape index (κ2) is 5.99. The predicted molar refractivity (Wildman–Crippen MR) is 73.1 cm³/mol. The fraction of sp³-hybridized carbons (Fsp3) is 0.538. The first-order valence-electron chi connectivity index (χ1n) is 6.54. The fourth-order valence-electron chi connectivity index (χ4n) is 2.24. The van der Waals surface area contributed by atoms with E-state index in [-0.39, 0.29) is 11.5 Å². The summed E-state index contributed by atoms with van der Waals surface area (Å²) in [6.07, 6.45) is 1.47. The van der Waals surface area contributed by atoms with Crippen molar-refractivity contribution in [2.75, 3.05) is 32.7 Å². The number of piperazine rings is 1. The molecular formula is C13H20N4O2. The number of nitrogens with one attached hydrogen (secondary N) is 1. The van der Waals surface area contributed by atoms with Crippen LogP contribution in [0.1, 0.15) is 17.3 Å². The Morgan fingerprint density at radius 3 is 2.58 bits per heavy atom. The van der Waals surface area contributed by atoms with E-state index in [4.69, 9.17) is 5.73 Å². The van der Waals surface area contributed by atoms with Gasteiger partial charge in [0.25, 0.3) is 5.91 Å². The molecule has 0 aliphatic carbocycles. The van der Waals surface area contributed by atoms with Crippen LogP contribution in [0.5, 0.6) is 0 Å². The molecular weight excluding hydrogens is 244 g/mol. The minimum Gasteiger partial charge on any atom is -0.336 e. The molecule has 1 aliphatic rings. The van der Waals surface area contributed by atoms with Crippen LogP contribution in [0.3, 0.4) is 0 Å². The van der Waals surface area contributed by atoms with Gasteiger partial charge in [-0.1, -0.05) is 0 Å². The summed E-state index contributed by atoms with van der Waals surface area (Å²) in [5, 5.41) is 0. The first-order chi connectivity index (χ1) is 9.11. The van der Waals surface area contributed by atoms with E-state index in [1.807, 2.05) is 4.90 Å². The molecule has 0 aromatic carbocycles. The Hall–Kier alpha value is -1.66. The van der Waals surface area contributed by atoms with Crippen molar-refractivity contribution in [3.8, 4) is 0 Å². The minimum absolute atomic E-state index is 0.0312. The summed E-state index contributed by atoms with van der Waals surface area (Å²) in [6.45, 7) is 5.80. The van der Waals surface area contributed by atoms with Gasteiger partial charge in [0.2, 0.25) is 5.56 Å². The predicted octanol–water partition coefficient (Wildman–Crippen LogP) is -0.520. The van der Waals surface area contributed by atoms with Crippen molar-refractivity contribution >= 4 is 5.91 Å². The average molecular weight is 264 g/mol. The normalized spacial score (nSPS) is 18.3. The lowest BCUT2D eigenvalue weighted by atomic mass is 10.2. The third-order valence-corrected chi connectivity index (χ3v) is 3.60. The molecule has 1 aromatic heterocycles. The Bertz CT molecular complexity index is 471. The maximum absolute atomic E-state index is 12.2. The summed E-state index contributed by atoms with van der Waals surface area (Å²) in [5.41, 5.74) is 5.98. The van der Waals surface area contributed by atoms with E-state index in [2.05, 4.69) is 16.8 Å². The molecule has 3 N–H and O–H groups in total. The Morgan fingerprint density at radius 1 is 1.37 bits per heavy atom. The van der Waals surface area contributed by atoms with Crippen LogP contribution in [0.15, 0.2) is 23.1 Å². The van der Waals surface area contributed by atoms with E-state index < -0.39 is 0 Å². The van der Waals surface area contributed by atoms with E-state index in [1.54, 1.807) is 6.07 Å². The van der Waals surface area contributed by atoms with Gasteiger partial charge in [0.05, 0.1) is 5.56 Å². The van der Waals surface area contributed by atoms with Gasteiger partial charge in [0.15, 0.2) is 0 Å². The monoisotopic (exact) mass is 264 g/mol. The highest BCUT2D eigenvalue weighted by molar-refractivity contribution is 5.93. The quantitative estimate of drug-likeness (QED) is 0.769. The molecule has 1 atom stereocenters. The standard InChI is InChI=1S/C13H20N4O2/c1-10(8-14)16-4-6-17(7-5-16)13(19)11-2-3-12(18)15-9-11/h2-3,9-10H,4-8,14H2,1H3,(H,15,18). The number of aromatic nitrogens is 1. The van der Waals surface area contributed by atoms with Crippen molar-refractivity contribution in [2.24, 2.45) is 5.73 Å². The van der Waals surface area contributed by atoms with E-state index in [1.165, 1.54) is 12.3 Å². The number of rotatable bonds is 3. The average Bonchev–Trinajstić information content (AvgIpc) is 2.46. The third-order valence-electron chi connectivity index (χ3n) is 3.60. The van der Waals surface area contributed by atoms with Crippen LogP contribution in [-0.4, -0.2) is 59.5 Å². The third kappa shape index (κ3) is 3.21. The molecule has 1 aromatic rings. The molecule has 1 fully saturated rings. The second-order valence-electron chi connectivity index (χ2n) is 4.85. The molecule has 19 heavy (non-hydrogen) atoms. The van der Waals surface area contributed by atoms with E-state index >= 15 is 0 Å². The second-order valence-corrected chi connectivity index (χ2v) is 4.85. The lowest BCUT2D eigenvalue weighted by molar-refractivity contribution is 0.0588. The van der Waals surface area contributed by atoms with Crippen molar-refractivity contribution in [1.29, 1.82) is 0 Å². The van der Waals surface area contributed by atoms with Gasteiger partial charge in [-0.15, -0.1) is 0 Å². The smallest absolute Gasteiger partial charge is 0.255 e. The molecule has 0 saturated carbocycles. The summed E-state index contributed by atoms with van der Waals surface area (Å²) in [6, 6.07) is 3.29. The topological polar surface area (TPSA) is 82.4 Å². The maximum atomic E-state index is 12.2. The van der Waals surface area contributed by atoms with Gasteiger partial charge in [-0.2, -0.15) is 0 Å². The van der Waals surface area contributed by atoms with Crippen LogP contribution >= 0.6 is 0 Å². The first kappa shape index (κ1) is 13.8. The summed E-state index contributed by atoms with van der Waals surface area (Å²) in [7, 11) is 0. The van der Waals surface area contributed by atoms with Crippen LogP contribution in [0, 0.1) is 0 Å². The number of amides is 1. The van der Waals surface area contributed by atoms with Crippen LogP contribution in [-0.2, 0) is 0 Å².